The van der Waals surface area contributed by atoms with E-state index in [1.54, 1.807) is 12.1 Å². The van der Waals surface area contributed by atoms with Gasteiger partial charge in [0.1, 0.15) is 5.75 Å². The van der Waals surface area contributed by atoms with Crippen molar-refractivity contribution in [1.29, 1.82) is 0 Å². The molecular weight excluding hydrogens is 420 g/mol. The molecule has 2 rings (SSSR count). The molecule has 0 radical (unpaired) electrons. The minimum Gasteiger partial charge on any atom is -0.495 e. The molecule has 0 aromatic heterocycles. The third kappa shape index (κ3) is 5.47. The fourth-order valence-corrected chi connectivity index (χ4v) is 3.33. The van der Waals surface area contributed by atoms with E-state index in [1.165, 1.54) is 33.2 Å². The average Bonchev–Trinajstić information content (AvgIpc) is 2.68. The third-order valence-corrected chi connectivity index (χ3v) is 5.74. The summed E-state index contributed by atoms with van der Waals surface area (Å²) in [5, 5.41) is 2.64. The number of aryl methyl sites for hydroxylation is 1. The van der Waals surface area contributed by atoms with Crippen molar-refractivity contribution in [3.8, 4) is 5.75 Å². The van der Waals surface area contributed by atoms with Gasteiger partial charge in [-0.05, 0) is 56.8 Å². The van der Waals surface area contributed by atoms with Gasteiger partial charge in [-0.25, -0.2) is 17.9 Å². The highest BCUT2D eigenvalue weighted by Gasteiger charge is 2.23. The van der Waals surface area contributed by atoms with Gasteiger partial charge in [-0.3, -0.25) is 4.79 Å². The molecule has 0 saturated carbocycles. The smallest absolute Gasteiger partial charge is 0.340 e. The third-order valence-electron chi connectivity index (χ3n) is 4.00. The largest absolute Gasteiger partial charge is 0.495 e. The van der Waals surface area contributed by atoms with Crippen LogP contribution in [0.1, 0.15) is 22.8 Å². The van der Waals surface area contributed by atoms with Crippen molar-refractivity contribution in [1.82, 2.24) is 4.72 Å². The van der Waals surface area contributed by atoms with Gasteiger partial charge < -0.3 is 14.8 Å². The van der Waals surface area contributed by atoms with Crippen LogP contribution in [0.5, 0.6) is 5.75 Å². The molecule has 1 amide bonds. The van der Waals surface area contributed by atoms with Crippen molar-refractivity contribution in [3.05, 3.63) is 52.5 Å². The van der Waals surface area contributed by atoms with Crippen LogP contribution in [-0.4, -0.2) is 40.6 Å². The number of nitrogens with one attached hydrogen (secondary N) is 2. The number of esters is 1. The lowest BCUT2D eigenvalue weighted by Gasteiger charge is -2.16. The first kappa shape index (κ1) is 22.7. The number of methoxy groups -OCH3 is 1. The van der Waals surface area contributed by atoms with Gasteiger partial charge in [-0.2, -0.15) is 0 Å². The van der Waals surface area contributed by atoms with Crippen LogP contribution in [0.15, 0.2) is 41.3 Å². The van der Waals surface area contributed by atoms with E-state index in [2.05, 4.69) is 10.0 Å². The van der Waals surface area contributed by atoms with E-state index in [1.807, 2.05) is 13.0 Å². The SMILES string of the molecule is CNS(=O)(=O)c1ccc(Cl)c(C(=O)OC(C)C(=O)Nc2cc(C)ccc2OC)c1. The van der Waals surface area contributed by atoms with Crippen molar-refractivity contribution in [3.63, 3.8) is 0 Å². The normalized spacial score (nSPS) is 12.2. The zero-order valence-corrected chi connectivity index (χ0v) is 17.8. The van der Waals surface area contributed by atoms with E-state index in [0.29, 0.717) is 11.4 Å². The van der Waals surface area contributed by atoms with Crippen molar-refractivity contribution < 1.29 is 27.5 Å². The summed E-state index contributed by atoms with van der Waals surface area (Å²) < 4.78 is 36.4. The number of halogens is 1. The minimum absolute atomic E-state index is 0.00184. The molecule has 1 atom stereocenters. The van der Waals surface area contributed by atoms with Gasteiger partial charge in [0.05, 0.1) is 28.3 Å². The lowest BCUT2D eigenvalue weighted by molar-refractivity contribution is -0.123. The van der Waals surface area contributed by atoms with Crippen LogP contribution in [0.4, 0.5) is 5.69 Å². The van der Waals surface area contributed by atoms with E-state index < -0.39 is 28.0 Å². The first-order valence-electron chi connectivity index (χ1n) is 8.48. The lowest BCUT2D eigenvalue weighted by atomic mass is 10.2. The fourth-order valence-electron chi connectivity index (χ4n) is 2.38. The molecule has 156 valence electrons. The van der Waals surface area contributed by atoms with Gasteiger partial charge >= 0.3 is 5.97 Å². The molecule has 1 unspecified atom stereocenters. The zero-order chi connectivity index (χ0) is 21.8. The monoisotopic (exact) mass is 440 g/mol. The first-order chi connectivity index (χ1) is 13.6. The van der Waals surface area contributed by atoms with Gasteiger partial charge in [0.15, 0.2) is 6.10 Å². The van der Waals surface area contributed by atoms with Crippen LogP contribution < -0.4 is 14.8 Å². The summed E-state index contributed by atoms with van der Waals surface area (Å²) in [6.45, 7) is 3.24. The number of anilines is 1. The van der Waals surface area contributed by atoms with Crippen LogP contribution in [0.2, 0.25) is 5.02 Å². The number of hydrogen-bond acceptors (Lipinski definition) is 6. The summed E-state index contributed by atoms with van der Waals surface area (Å²) >= 11 is 6.00. The van der Waals surface area contributed by atoms with E-state index >= 15 is 0 Å². The summed E-state index contributed by atoms with van der Waals surface area (Å²) in [7, 11) is -1.06. The first-order valence-corrected chi connectivity index (χ1v) is 10.3. The second-order valence-corrected chi connectivity index (χ2v) is 8.38. The minimum atomic E-state index is -3.78. The molecule has 0 bridgehead atoms. The van der Waals surface area contributed by atoms with Gasteiger partial charge in [0.2, 0.25) is 10.0 Å². The molecule has 2 aromatic carbocycles. The van der Waals surface area contributed by atoms with E-state index in [-0.39, 0.29) is 15.5 Å². The second-order valence-electron chi connectivity index (χ2n) is 6.09. The van der Waals surface area contributed by atoms with Crippen molar-refractivity contribution in [2.45, 2.75) is 24.8 Å². The van der Waals surface area contributed by atoms with E-state index in [0.717, 1.165) is 11.6 Å². The van der Waals surface area contributed by atoms with Crippen LogP contribution in [0.25, 0.3) is 0 Å². The number of carbonyl (C=O) groups is 2. The standard InChI is InChI=1S/C19H21ClN2O6S/c1-11-5-8-17(27-4)16(9-11)22-18(23)12(2)28-19(24)14-10-13(6-7-15(14)20)29(25,26)21-3/h5-10,12,21H,1-4H3,(H,22,23). The van der Waals surface area contributed by atoms with Crippen molar-refractivity contribution in [2.24, 2.45) is 0 Å². The predicted molar refractivity (Wildman–Crippen MR) is 109 cm³/mol. The summed E-state index contributed by atoms with van der Waals surface area (Å²) in [6, 6.07) is 8.86. The Morgan fingerprint density at radius 2 is 1.83 bits per heavy atom. The second kappa shape index (κ2) is 9.25. The quantitative estimate of drug-likeness (QED) is 0.640. The highest BCUT2D eigenvalue weighted by Crippen LogP contribution is 2.26. The number of carbonyl (C=O) groups excluding carboxylic acids is 2. The van der Waals surface area contributed by atoms with Crippen LogP contribution in [0.3, 0.4) is 0 Å². The predicted octanol–water partition coefficient (Wildman–Crippen LogP) is 2.75. The topological polar surface area (TPSA) is 111 Å². The Bertz CT molecular complexity index is 1040. The fraction of sp³-hybridized carbons (Fsp3) is 0.263. The average molecular weight is 441 g/mol. The van der Waals surface area contributed by atoms with E-state index in [9.17, 15) is 18.0 Å². The summed E-state index contributed by atoms with van der Waals surface area (Å²) in [4.78, 5) is 24.7. The molecule has 0 spiro atoms. The van der Waals surface area contributed by atoms with Crippen molar-refractivity contribution >= 4 is 39.2 Å². The van der Waals surface area contributed by atoms with Crippen LogP contribution in [-0.2, 0) is 19.6 Å². The highest BCUT2D eigenvalue weighted by atomic mass is 35.5. The maximum absolute atomic E-state index is 12.5. The molecule has 8 nitrogen and oxygen atoms in total. The van der Waals surface area contributed by atoms with Crippen molar-refractivity contribution in [2.75, 3.05) is 19.5 Å². The Balaban J connectivity index is 2.18. The van der Waals surface area contributed by atoms with Gasteiger partial charge in [0, 0.05) is 0 Å². The molecule has 0 aliphatic rings. The van der Waals surface area contributed by atoms with Crippen LogP contribution >= 0.6 is 11.6 Å². The molecule has 0 aliphatic carbocycles. The molecule has 2 N–H and O–H groups in total. The Hall–Kier alpha value is -2.62. The molecule has 10 heteroatoms. The molecule has 0 heterocycles. The number of sulfonamides is 1. The number of amides is 1. The molecule has 0 aliphatic heterocycles. The molecular formula is C19H21ClN2O6S. The van der Waals surface area contributed by atoms with Crippen LogP contribution in [0, 0.1) is 6.92 Å². The Morgan fingerprint density at radius 3 is 2.45 bits per heavy atom. The number of ether oxygens (including phenoxy) is 2. The van der Waals surface area contributed by atoms with Gasteiger partial charge in [-0.1, -0.05) is 17.7 Å². The maximum Gasteiger partial charge on any atom is 0.340 e. The zero-order valence-electron chi connectivity index (χ0n) is 16.3. The van der Waals surface area contributed by atoms with E-state index in [4.69, 9.17) is 21.1 Å². The summed E-state index contributed by atoms with van der Waals surface area (Å²) in [5.41, 5.74) is 1.16. The lowest BCUT2D eigenvalue weighted by Crippen LogP contribution is -2.30. The molecule has 0 saturated heterocycles. The van der Waals surface area contributed by atoms with Gasteiger partial charge in [0.25, 0.3) is 5.91 Å². The summed E-state index contributed by atoms with van der Waals surface area (Å²) in [6.07, 6.45) is -1.17. The molecule has 29 heavy (non-hydrogen) atoms. The Kier molecular flexibility index (Phi) is 7.23. The molecule has 2 aromatic rings. The van der Waals surface area contributed by atoms with Gasteiger partial charge in [-0.15, -0.1) is 0 Å². The summed E-state index contributed by atoms with van der Waals surface area (Å²) in [5.74, 6) is -1.06. The Labute approximate surface area is 174 Å². The Morgan fingerprint density at radius 1 is 1.14 bits per heavy atom. The number of rotatable bonds is 7. The maximum atomic E-state index is 12.5. The molecule has 0 fully saturated rings. The number of hydrogen-bond donors (Lipinski definition) is 2. The number of benzene rings is 2. The highest BCUT2D eigenvalue weighted by molar-refractivity contribution is 7.89.